The Balaban J connectivity index is 2.22. The molecule has 0 unspecified atom stereocenters. The predicted octanol–water partition coefficient (Wildman–Crippen LogP) is 0.509. The molecule has 1 aromatic rings. The van der Waals surface area contributed by atoms with E-state index in [2.05, 4.69) is 10.6 Å². The highest BCUT2D eigenvalue weighted by molar-refractivity contribution is 5.77. The average Bonchev–Trinajstić information content (AvgIpc) is 2.29. The number of aromatic hydroxyl groups is 1. The second-order valence-corrected chi connectivity index (χ2v) is 3.64. The smallest absolute Gasteiger partial charge is 0.222 e. The lowest BCUT2D eigenvalue weighted by molar-refractivity contribution is -0.123. The third-order valence-corrected chi connectivity index (χ3v) is 2.54. The summed E-state index contributed by atoms with van der Waals surface area (Å²) >= 11 is 0. The molecule has 0 radical (unpaired) electrons. The van der Waals surface area contributed by atoms with Crippen LogP contribution < -0.4 is 15.4 Å². The summed E-state index contributed by atoms with van der Waals surface area (Å²) in [5.74, 6) is 0.517. The fraction of sp³-hybridized carbons (Fsp3) is 0.364. The van der Waals surface area contributed by atoms with Gasteiger partial charge in [0, 0.05) is 13.0 Å². The minimum Gasteiger partial charge on any atom is -0.504 e. The minimum absolute atomic E-state index is 0.0239. The first kappa shape index (κ1) is 10.8. The van der Waals surface area contributed by atoms with Gasteiger partial charge in [-0.2, -0.15) is 0 Å². The summed E-state index contributed by atoms with van der Waals surface area (Å²) in [5, 5.41) is 15.4. The minimum atomic E-state index is -0.212. The van der Waals surface area contributed by atoms with Gasteiger partial charge in [0.15, 0.2) is 11.5 Å². The van der Waals surface area contributed by atoms with E-state index in [1.807, 2.05) is 0 Å². The number of benzene rings is 1. The van der Waals surface area contributed by atoms with E-state index in [1.165, 1.54) is 7.11 Å². The van der Waals surface area contributed by atoms with Gasteiger partial charge < -0.3 is 15.2 Å². The van der Waals surface area contributed by atoms with Crippen LogP contribution in [0.1, 0.15) is 18.2 Å². The molecule has 3 N–H and O–H groups in total. The predicted molar refractivity (Wildman–Crippen MR) is 58.2 cm³/mol. The van der Waals surface area contributed by atoms with E-state index in [-0.39, 0.29) is 17.8 Å². The van der Waals surface area contributed by atoms with Gasteiger partial charge in [-0.15, -0.1) is 0 Å². The van der Waals surface area contributed by atoms with Gasteiger partial charge in [-0.25, -0.2) is 0 Å². The van der Waals surface area contributed by atoms with Gasteiger partial charge in [0.2, 0.25) is 5.91 Å². The third-order valence-electron chi connectivity index (χ3n) is 2.54. The molecule has 86 valence electrons. The molecule has 16 heavy (non-hydrogen) atoms. The quantitative estimate of drug-likeness (QED) is 0.682. The Morgan fingerprint density at radius 1 is 1.50 bits per heavy atom. The van der Waals surface area contributed by atoms with Crippen molar-refractivity contribution in [2.24, 2.45) is 0 Å². The molecule has 0 aliphatic carbocycles. The molecule has 1 aliphatic rings. The van der Waals surface area contributed by atoms with E-state index < -0.39 is 0 Å². The number of phenols is 1. The maximum absolute atomic E-state index is 11.2. The van der Waals surface area contributed by atoms with Gasteiger partial charge in [-0.3, -0.25) is 10.1 Å². The Morgan fingerprint density at radius 3 is 3.00 bits per heavy atom. The van der Waals surface area contributed by atoms with Crippen LogP contribution in [-0.4, -0.2) is 24.7 Å². The van der Waals surface area contributed by atoms with Gasteiger partial charge in [0.05, 0.1) is 7.11 Å². The summed E-state index contributed by atoms with van der Waals surface area (Å²) in [5.41, 5.74) is 0.864. The highest BCUT2D eigenvalue weighted by Gasteiger charge is 2.19. The summed E-state index contributed by atoms with van der Waals surface area (Å²) in [4.78, 5) is 11.2. The largest absolute Gasteiger partial charge is 0.504 e. The monoisotopic (exact) mass is 222 g/mol. The van der Waals surface area contributed by atoms with E-state index in [1.54, 1.807) is 18.2 Å². The van der Waals surface area contributed by atoms with Gasteiger partial charge in [0.1, 0.15) is 6.17 Å². The SMILES string of the molecule is COc1cc([C@@H]2NCCC(=O)N2)ccc1O. The van der Waals surface area contributed by atoms with Crippen LogP contribution in [0.25, 0.3) is 0 Å². The zero-order valence-electron chi connectivity index (χ0n) is 8.99. The molecule has 2 rings (SSSR count). The Labute approximate surface area is 93.4 Å². The average molecular weight is 222 g/mol. The van der Waals surface area contributed by atoms with E-state index in [9.17, 15) is 9.90 Å². The molecule has 1 saturated heterocycles. The number of methoxy groups -OCH3 is 1. The van der Waals surface area contributed by atoms with Crippen LogP contribution in [0.5, 0.6) is 11.5 Å². The molecule has 0 saturated carbocycles. The molecule has 0 spiro atoms. The van der Waals surface area contributed by atoms with Crippen LogP contribution in [0.2, 0.25) is 0 Å². The fourth-order valence-corrected chi connectivity index (χ4v) is 1.69. The molecule has 0 aromatic heterocycles. The summed E-state index contributed by atoms with van der Waals surface area (Å²) in [6.07, 6.45) is 0.280. The van der Waals surface area contributed by atoms with Crippen LogP contribution in [-0.2, 0) is 4.79 Å². The molecule has 1 atom stereocenters. The maximum Gasteiger partial charge on any atom is 0.222 e. The Morgan fingerprint density at radius 2 is 2.31 bits per heavy atom. The van der Waals surface area contributed by atoms with Crippen LogP contribution in [0.4, 0.5) is 0 Å². The van der Waals surface area contributed by atoms with Crippen molar-refractivity contribution in [3.63, 3.8) is 0 Å². The van der Waals surface area contributed by atoms with Crippen molar-refractivity contribution in [1.29, 1.82) is 0 Å². The van der Waals surface area contributed by atoms with Crippen molar-refractivity contribution >= 4 is 5.91 Å². The van der Waals surface area contributed by atoms with Gasteiger partial charge in [-0.05, 0) is 17.7 Å². The van der Waals surface area contributed by atoms with Crippen molar-refractivity contribution in [3.8, 4) is 11.5 Å². The molecule has 1 amide bonds. The molecular formula is C11H14N2O3. The summed E-state index contributed by atoms with van der Waals surface area (Å²) < 4.78 is 5.01. The number of amides is 1. The fourth-order valence-electron chi connectivity index (χ4n) is 1.69. The van der Waals surface area contributed by atoms with Crippen LogP contribution in [0.3, 0.4) is 0 Å². The number of nitrogens with one attached hydrogen (secondary N) is 2. The van der Waals surface area contributed by atoms with Crippen molar-refractivity contribution in [1.82, 2.24) is 10.6 Å². The van der Waals surface area contributed by atoms with E-state index >= 15 is 0 Å². The summed E-state index contributed by atoms with van der Waals surface area (Å²) in [6, 6.07) is 5.01. The first-order chi connectivity index (χ1) is 7.70. The lowest BCUT2D eigenvalue weighted by Crippen LogP contribution is -2.44. The Kier molecular flexibility index (Phi) is 2.96. The van der Waals surface area contributed by atoms with E-state index in [0.29, 0.717) is 18.7 Å². The number of hydrogen-bond acceptors (Lipinski definition) is 4. The van der Waals surface area contributed by atoms with Crippen molar-refractivity contribution < 1.29 is 14.6 Å². The highest BCUT2D eigenvalue weighted by atomic mass is 16.5. The highest BCUT2D eigenvalue weighted by Crippen LogP contribution is 2.28. The van der Waals surface area contributed by atoms with Crippen molar-refractivity contribution in [2.75, 3.05) is 13.7 Å². The second kappa shape index (κ2) is 4.40. The molecular weight excluding hydrogens is 208 g/mol. The van der Waals surface area contributed by atoms with Crippen LogP contribution in [0, 0.1) is 0 Å². The molecule has 1 heterocycles. The van der Waals surface area contributed by atoms with Crippen LogP contribution >= 0.6 is 0 Å². The zero-order chi connectivity index (χ0) is 11.5. The lowest BCUT2D eigenvalue weighted by Gasteiger charge is -2.25. The van der Waals surface area contributed by atoms with Crippen molar-refractivity contribution in [2.45, 2.75) is 12.6 Å². The number of ether oxygens (including phenoxy) is 1. The lowest BCUT2D eigenvalue weighted by atomic mass is 10.1. The summed E-state index contributed by atoms with van der Waals surface area (Å²) in [7, 11) is 1.49. The Hall–Kier alpha value is -1.75. The van der Waals surface area contributed by atoms with Gasteiger partial charge >= 0.3 is 0 Å². The zero-order valence-corrected chi connectivity index (χ0v) is 8.99. The molecule has 5 nitrogen and oxygen atoms in total. The summed E-state index contributed by atoms with van der Waals surface area (Å²) in [6.45, 7) is 0.652. The topological polar surface area (TPSA) is 70.6 Å². The normalized spacial score (nSPS) is 20.3. The molecule has 5 heteroatoms. The standard InChI is InChI=1S/C11H14N2O3/c1-16-9-6-7(2-3-8(9)14)11-12-5-4-10(15)13-11/h2-3,6,11-12,14H,4-5H2,1H3,(H,13,15)/t11-/m1/s1. The van der Waals surface area contributed by atoms with E-state index in [4.69, 9.17) is 4.74 Å². The number of carbonyl (C=O) groups excluding carboxylic acids is 1. The first-order valence-corrected chi connectivity index (χ1v) is 5.10. The maximum atomic E-state index is 11.2. The van der Waals surface area contributed by atoms with E-state index in [0.717, 1.165) is 5.56 Å². The Bertz CT molecular complexity index is 406. The number of carbonyl (C=O) groups is 1. The van der Waals surface area contributed by atoms with Crippen LogP contribution in [0.15, 0.2) is 18.2 Å². The van der Waals surface area contributed by atoms with Crippen molar-refractivity contribution in [3.05, 3.63) is 23.8 Å². The molecule has 1 fully saturated rings. The number of phenolic OH excluding ortho intramolecular Hbond substituents is 1. The number of rotatable bonds is 2. The second-order valence-electron chi connectivity index (χ2n) is 3.64. The first-order valence-electron chi connectivity index (χ1n) is 5.10. The molecule has 0 bridgehead atoms. The van der Waals surface area contributed by atoms with Gasteiger partial charge in [0.25, 0.3) is 0 Å². The molecule has 1 aromatic carbocycles. The van der Waals surface area contributed by atoms with Gasteiger partial charge in [-0.1, -0.05) is 6.07 Å². The third kappa shape index (κ3) is 2.09. The molecule has 1 aliphatic heterocycles. The number of hydrogen-bond donors (Lipinski definition) is 3.